The zero-order valence-corrected chi connectivity index (χ0v) is 12.1. The first kappa shape index (κ1) is 15.3. The zero-order valence-electron chi connectivity index (χ0n) is 12.1. The molecule has 1 aliphatic rings. The number of carbonyl (C=O) groups excluding carboxylic acids is 2. The predicted molar refractivity (Wildman–Crippen MR) is 77.3 cm³/mol. The van der Waals surface area contributed by atoms with Gasteiger partial charge in [0.05, 0.1) is 12.6 Å². The van der Waals surface area contributed by atoms with E-state index in [1.54, 1.807) is 24.3 Å². The largest absolute Gasteiger partial charge is 0.491 e. The van der Waals surface area contributed by atoms with Crippen LogP contribution in [0.1, 0.15) is 23.2 Å². The molecule has 1 fully saturated rings. The monoisotopic (exact) mass is 292 g/mol. The SMILES string of the molecule is CNC(=O)CNC(=O)c1cccc(OCC2CCCO2)c1. The Labute approximate surface area is 123 Å². The van der Waals surface area contributed by atoms with Gasteiger partial charge in [-0.3, -0.25) is 9.59 Å². The summed E-state index contributed by atoms with van der Waals surface area (Å²) >= 11 is 0. The van der Waals surface area contributed by atoms with Gasteiger partial charge in [0.25, 0.3) is 5.91 Å². The molecule has 0 spiro atoms. The second kappa shape index (κ2) is 7.64. The molecule has 6 nitrogen and oxygen atoms in total. The number of carbonyl (C=O) groups is 2. The van der Waals surface area contributed by atoms with Crippen LogP contribution in [0.15, 0.2) is 24.3 Å². The van der Waals surface area contributed by atoms with E-state index < -0.39 is 0 Å². The summed E-state index contributed by atoms with van der Waals surface area (Å²) in [5.74, 6) is 0.0772. The number of rotatable bonds is 6. The number of amides is 2. The average Bonchev–Trinajstić information content (AvgIpc) is 3.04. The first-order valence-corrected chi connectivity index (χ1v) is 7.02. The first-order chi connectivity index (χ1) is 10.2. The Bertz CT molecular complexity index is 498. The lowest BCUT2D eigenvalue weighted by molar-refractivity contribution is -0.119. The van der Waals surface area contributed by atoms with Gasteiger partial charge < -0.3 is 20.1 Å². The van der Waals surface area contributed by atoms with Gasteiger partial charge in [0.15, 0.2) is 0 Å². The highest BCUT2D eigenvalue weighted by Gasteiger charge is 2.16. The molecule has 2 amide bonds. The van der Waals surface area contributed by atoms with Crippen molar-refractivity contribution in [2.45, 2.75) is 18.9 Å². The first-order valence-electron chi connectivity index (χ1n) is 7.02. The molecule has 1 aromatic carbocycles. The summed E-state index contributed by atoms with van der Waals surface area (Å²) in [4.78, 5) is 23.0. The van der Waals surface area contributed by atoms with E-state index in [0.29, 0.717) is 17.9 Å². The van der Waals surface area contributed by atoms with Crippen LogP contribution in [-0.2, 0) is 9.53 Å². The predicted octanol–water partition coefficient (Wildman–Crippen LogP) is 0.720. The molecule has 0 aromatic heterocycles. The number of nitrogens with one attached hydrogen (secondary N) is 2. The molecule has 0 aliphatic carbocycles. The Balaban J connectivity index is 1.87. The van der Waals surface area contributed by atoms with Crippen LogP contribution in [0.2, 0.25) is 0 Å². The summed E-state index contributed by atoms with van der Waals surface area (Å²) in [5.41, 5.74) is 0.462. The van der Waals surface area contributed by atoms with Crippen molar-refractivity contribution in [2.24, 2.45) is 0 Å². The van der Waals surface area contributed by atoms with E-state index in [2.05, 4.69) is 10.6 Å². The van der Waals surface area contributed by atoms with Gasteiger partial charge in [-0.1, -0.05) is 6.07 Å². The van der Waals surface area contributed by atoms with E-state index in [0.717, 1.165) is 19.4 Å². The maximum absolute atomic E-state index is 11.9. The summed E-state index contributed by atoms with van der Waals surface area (Å²) < 4.78 is 11.1. The summed E-state index contributed by atoms with van der Waals surface area (Å²) in [6, 6.07) is 6.89. The fraction of sp³-hybridized carbons (Fsp3) is 0.467. The lowest BCUT2D eigenvalue weighted by Crippen LogP contribution is -2.35. The van der Waals surface area contributed by atoms with Gasteiger partial charge in [-0.05, 0) is 31.0 Å². The van der Waals surface area contributed by atoms with Crippen molar-refractivity contribution in [1.29, 1.82) is 0 Å². The van der Waals surface area contributed by atoms with E-state index in [9.17, 15) is 9.59 Å². The summed E-state index contributed by atoms with van der Waals surface area (Å²) in [7, 11) is 1.52. The van der Waals surface area contributed by atoms with Crippen molar-refractivity contribution in [1.82, 2.24) is 10.6 Å². The molecule has 1 aliphatic heterocycles. The highest BCUT2D eigenvalue weighted by Crippen LogP contribution is 2.17. The standard InChI is InChI=1S/C15H20N2O4/c1-16-14(18)9-17-15(19)11-4-2-5-12(8-11)21-10-13-6-3-7-20-13/h2,4-5,8,13H,3,6-7,9-10H2,1H3,(H,16,18)(H,17,19). The average molecular weight is 292 g/mol. The molecular formula is C15H20N2O4. The fourth-order valence-electron chi connectivity index (χ4n) is 2.04. The lowest BCUT2D eigenvalue weighted by atomic mass is 10.2. The topological polar surface area (TPSA) is 76.7 Å². The Hall–Kier alpha value is -2.08. The molecule has 1 saturated heterocycles. The minimum atomic E-state index is -0.304. The minimum absolute atomic E-state index is 0.0453. The van der Waals surface area contributed by atoms with Crippen LogP contribution in [0.25, 0.3) is 0 Å². The second-order valence-electron chi connectivity index (χ2n) is 4.83. The van der Waals surface area contributed by atoms with Crippen LogP contribution < -0.4 is 15.4 Å². The van der Waals surface area contributed by atoms with Crippen LogP contribution >= 0.6 is 0 Å². The highest BCUT2D eigenvalue weighted by molar-refractivity contribution is 5.96. The minimum Gasteiger partial charge on any atom is -0.491 e. The van der Waals surface area contributed by atoms with Gasteiger partial charge in [0.1, 0.15) is 12.4 Å². The van der Waals surface area contributed by atoms with Crippen LogP contribution in [0.5, 0.6) is 5.75 Å². The van der Waals surface area contributed by atoms with E-state index in [4.69, 9.17) is 9.47 Å². The van der Waals surface area contributed by atoms with E-state index in [-0.39, 0.29) is 24.5 Å². The molecular weight excluding hydrogens is 272 g/mol. The number of likely N-dealkylation sites (N-methyl/N-ethyl adjacent to an activating group) is 1. The number of ether oxygens (including phenoxy) is 2. The van der Waals surface area contributed by atoms with Gasteiger partial charge in [0, 0.05) is 19.2 Å². The van der Waals surface area contributed by atoms with Crippen LogP contribution in [0, 0.1) is 0 Å². The molecule has 2 N–H and O–H groups in total. The lowest BCUT2D eigenvalue weighted by Gasteiger charge is -2.12. The maximum Gasteiger partial charge on any atom is 0.251 e. The van der Waals surface area contributed by atoms with Crippen molar-refractivity contribution in [3.63, 3.8) is 0 Å². The van der Waals surface area contributed by atoms with Crippen molar-refractivity contribution in [2.75, 3.05) is 26.8 Å². The van der Waals surface area contributed by atoms with Crippen LogP contribution in [0.3, 0.4) is 0 Å². The maximum atomic E-state index is 11.9. The molecule has 0 bridgehead atoms. The Morgan fingerprint density at radius 3 is 3.00 bits per heavy atom. The van der Waals surface area contributed by atoms with Crippen molar-refractivity contribution >= 4 is 11.8 Å². The molecule has 0 saturated carbocycles. The van der Waals surface area contributed by atoms with E-state index in [1.807, 2.05) is 0 Å². The highest BCUT2D eigenvalue weighted by atomic mass is 16.5. The molecule has 1 heterocycles. The number of hydrogen-bond acceptors (Lipinski definition) is 4. The van der Waals surface area contributed by atoms with E-state index >= 15 is 0 Å². The molecule has 6 heteroatoms. The quantitative estimate of drug-likeness (QED) is 0.810. The molecule has 21 heavy (non-hydrogen) atoms. The van der Waals surface area contributed by atoms with Crippen molar-refractivity contribution in [3.05, 3.63) is 29.8 Å². The Morgan fingerprint density at radius 2 is 2.29 bits per heavy atom. The molecule has 1 aromatic rings. The Kier molecular flexibility index (Phi) is 5.57. The fourth-order valence-corrected chi connectivity index (χ4v) is 2.04. The molecule has 0 radical (unpaired) electrons. The normalized spacial score (nSPS) is 17.3. The summed E-state index contributed by atoms with van der Waals surface area (Å²) in [6.45, 7) is 1.23. The van der Waals surface area contributed by atoms with Gasteiger partial charge in [0.2, 0.25) is 5.91 Å². The van der Waals surface area contributed by atoms with Crippen LogP contribution in [0.4, 0.5) is 0 Å². The third-order valence-electron chi connectivity index (χ3n) is 3.24. The van der Waals surface area contributed by atoms with Crippen molar-refractivity contribution < 1.29 is 19.1 Å². The van der Waals surface area contributed by atoms with E-state index in [1.165, 1.54) is 7.05 Å². The number of hydrogen-bond donors (Lipinski definition) is 2. The van der Waals surface area contributed by atoms with Gasteiger partial charge in [-0.25, -0.2) is 0 Å². The molecule has 114 valence electrons. The molecule has 1 atom stereocenters. The summed E-state index contributed by atoms with van der Waals surface area (Å²) in [6.07, 6.45) is 2.21. The third-order valence-corrected chi connectivity index (χ3v) is 3.24. The van der Waals surface area contributed by atoms with Gasteiger partial charge >= 0.3 is 0 Å². The smallest absolute Gasteiger partial charge is 0.251 e. The van der Waals surface area contributed by atoms with Crippen molar-refractivity contribution in [3.8, 4) is 5.75 Å². The van der Waals surface area contributed by atoms with Gasteiger partial charge in [-0.2, -0.15) is 0 Å². The molecule has 2 rings (SSSR count). The molecule has 1 unspecified atom stereocenters. The second-order valence-corrected chi connectivity index (χ2v) is 4.83. The summed E-state index contributed by atoms with van der Waals surface area (Å²) in [5, 5.41) is 4.99. The zero-order chi connectivity index (χ0) is 15.1. The number of benzene rings is 1. The van der Waals surface area contributed by atoms with Crippen LogP contribution in [-0.4, -0.2) is 44.7 Å². The Morgan fingerprint density at radius 1 is 1.43 bits per heavy atom. The van der Waals surface area contributed by atoms with Gasteiger partial charge in [-0.15, -0.1) is 0 Å². The third kappa shape index (κ3) is 4.75.